The van der Waals surface area contributed by atoms with Crippen LogP contribution >= 0.6 is 11.6 Å². The van der Waals surface area contributed by atoms with Crippen LogP contribution < -0.4 is 4.74 Å². The van der Waals surface area contributed by atoms with Crippen LogP contribution in [0.1, 0.15) is 34.1 Å². The lowest BCUT2D eigenvalue weighted by atomic mass is 9.92. The lowest BCUT2D eigenvalue weighted by molar-refractivity contribution is -0.129. The molecule has 8 heteroatoms. The molecule has 178 valence electrons. The van der Waals surface area contributed by atoms with E-state index >= 15 is 0 Å². The fourth-order valence-corrected chi connectivity index (χ4v) is 4.59. The maximum atomic E-state index is 13.7. The minimum absolute atomic E-state index is 0.00126. The number of nitrogens with zero attached hydrogens (tertiary/aromatic N) is 2. The maximum Gasteiger partial charge on any atom is 0.290 e. The highest BCUT2D eigenvalue weighted by atomic mass is 35.5. The molecule has 4 rings (SSSR count). The minimum atomic E-state index is -0.720. The number of ether oxygens (including phenoxy) is 1. The van der Waals surface area contributed by atoms with E-state index in [0.717, 1.165) is 17.7 Å². The number of carbonyl (C=O) groups is 2. The van der Waals surface area contributed by atoms with Crippen LogP contribution in [0.2, 0.25) is 5.02 Å². The van der Waals surface area contributed by atoms with Gasteiger partial charge in [-0.3, -0.25) is 9.59 Å². The summed E-state index contributed by atoms with van der Waals surface area (Å²) in [7, 11) is 5.40. The van der Waals surface area contributed by atoms with Gasteiger partial charge in [-0.25, -0.2) is 0 Å². The molecule has 34 heavy (non-hydrogen) atoms. The lowest BCUT2D eigenvalue weighted by Gasteiger charge is -2.28. The van der Waals surface area contributed by atoms with E-state index in [1.165, 1.54) is 7.11 Å². The Kier molecular flexibility index (Phi) is 6.68. The van der Waals surface area contributed by atoms with Crippen LogP contribution in [-0.4, -0.2) is 60.9 Å². The molecule has 7 nitrogen and oxygen atoms in total. The molecule has 1 atom stereocenters. The molecular weight excluding hydrogens is 456 g/mol. The summed E-state index contributed by atoms with van der Waals surface area (Å²) in [5.41, 5.74) is 2.07. The molecule has 0 bridgehead atoms. The topological polar surface area (TPSA) is 83.2 Å². The molecule has 3 aromatic rings. The van der Waals surface area contributed by atoms with E-state index in [1.54, 1.807) is 23.1 Å². The zero-order valence-corrected chi connectivity index (χ0v) is 20.3. The quantitative estimate of drug-likeness (QED) is 0.458. The van der Waals surface area contributed by atoms with Crippen molar-refractivity contribution in [1.82, 2.24) is 9.80 Å². The molecule has 0 saturated carbocycles. The summed E-state index contributed by atoms with van der Waals surface area (Å²) in [4.78, 5) is 30.4. The van der Waals surface area contributed by atoms with Crippen molar-refractivity contribution in [3.63, 3.8) is 0 Å². The molecule has 1 aliphatic rings. The van der Waals surface area contributed by atoms with Gasteiger partial charge in [0.2, 0.25) is 5.78 Å². The van der Waals surface area contributed by atoms with Crippen molar-refractivity contribution in [3.8, 4) is 5.75 Å². The molecule has 0 spiro atoms. The van der Waals surface area contributed by atoms with Gasteiger partial charge in [0.1, 0.15) is 0 Å². The first-order chi connectivity index (χ1) is 16.2. The van der Waals surface area contributed by atoms with Gasteiger partial charge in [0, 0.05) is 23.0 Å². The smallest absolute Gasteiger partial charge is 0.290 e. The van der Waals surface area contributed by atoms with Crippen molar-refractivity contribution in [2.75, 3.05) is 34.3 Å². The first-order valence-electron chi connectivity index (χ1n) is 11.0. The van der Waals surface area contributed by atoms with Crippen molar-refractivity contribution >= 4 is 34.3 Å². The number of halogens is 1. The molecule has 1 aromatic heterocycles. The predicted molar refractivity (Wildman–Crippen MR) is 131 cm³/mol. The molecule has 1 amide bonds. The number of Topliss-reactive ketones (excluding diaryl/α,β-unsaturated/α-hetero) is 1. The number of hydrogen-bond donors (Lipinski definition) is 1. The fourth-order valence-electron chi connectivity index (χ4n) is 4.37. The third-order valence-corrected chi connectivity index (χ3v) is 6.24. The van der Waals surface area contributed by atoms with Crippen molar-refractivity contribution in [3.05, 3.63) is 75.7 Å². The van der Waals surface area contributed by atoms with E-state index in [9.17, 15) is 14.7 Å². The number of rotatable bonds is 8. The minimum Gasteiger partial charge on any atom is -0.503 e. The van der Waals surface area contributed by atoms with E-state index < -0.39 is 23.5 Å². The standard InChI is InChI=1S/C26H27ClN2O5/c1-15-8-5-6-9-18(15)22-21(24(31)26(32)29(22)11-7-10-28(2)3)23(30)19-13-16-12-17(27)14-20(33-4)25(16)34-19/h5-6,8-9,12-14,22,31H,7,10-11H2,1-4H3. The van der Waals surface area contributed by atoms with Crippen LogP contribution in [0.25, 0.3) is 11.0 Å². The van der Waals surface area contributed by atoms with Gasteiger partial charge in [-0.05, 0) is 57.2 Å². The van der Waals surface area contributed by atoms with Crippen molar-refractivity contribution < 1.29 is 23.8 Å². The fraction of sp³-hybridized carbons (Fsp3) is 0.308. The Bertz CT molecular complexity index is 1290. The lowest BCUT2D eigenvalue weighted by Crippen LogP contribution is -2.33. The number of aliphatic hydroxyl groups is 1. The number of benzene rings is 2. The summed E-state index contributed by atoms with van der Waals surface area (Å²) in [5, 5.41) is 11.9. The average Bonchev–Trinajstić information content (AvgIpc) is 3.33. The number of methoxy groups -OCH3 is 1. The summed E-state index contributed by atoms with van der Waals surface area (Å²) in [6.07, 6.45) is 0.691. The normalized spacial score (nSPS) is 16.2. The first-order valence-corrected chi connectivity index (χ1v) is 11.4. The number of aliphatic hydroxyl groups excluding tert-OH is 1. The van der Waals surface area contributed by atoms with Crippen LogP contribution in [0.5, 0.6) is 5.75 Å². The number of carbonyl (C=O) groups excluding carboxylic acids is 2. The summed E-state index contributed by atoms with van der Waals surface area (Å²) < 4.78 is 11.2. The van der Waals surface area contributed by atoms with Crippen molar-refractivity contribution in [2.45, 2.75) is 19.4 Å². The third-order valence-electron chi connectivity index (χ3n) is 6.03. The van der Waals surface area contributed by atoms with Crippen LogP contribution in [0.3, 0.4) is 0 Å². The Hall–Kier alpha value is -3.29. The maximum absolute atomic E-state index is 13.7. The molecule has 1 unspecified atom stereocenters. The van der Waals surface area contributed by atoms with Gasteiger partial charge in [-0.2, -0.15) is 0 Å². The monoisotopic (exact) mass is 482 g/mol. The number of amides is 1. The van der Waals surface area contributed by atoms with E-state index in [4.69, 9.17) is 20.8 Å². The highest BCUT2D eigenvalue weighted by molar-refractivity contribution is 6.31. The van der Waals surface area contributed by atoms with Gasteiger partial charge in [0.05, 0.1) is 18.7 Å². The van der Waals surface area contributed by atoms with Gasteiger partial charge >= 0.3 is 0 Å². The van der Waals surface area contributed by atoms with Gasteiger partial charge < -0.3 is 24.1 Å². The third kappa shape index (κ3) is 4.29. The number of fused-ring (bicyclic) bond motifs is 1. The zero-order chi connectivity index (χ0) is 24.6. The molecule has 0 fully saturated rings. The Balaban J connectivity index is 1.79. The summed E-state index contributed by atoms with van der Waals surface area (Å²) in [5.74, 6) is -1.27. The SMILES string of the molecule is COc1cc(Cl)cc2cc(C(=O)C3=C(O)C(=O)N(CCCN(C)C)C3c3ccccc3C)oc12. The Morgan fingerprint density at radius 1 is 1.24 bits per heavy atom. The second-order valence-electron chi connectivity index (χ2n) is 8.64. The Labute approximate surface area is 203 Å². The number of hydrogen-bond acceptors (Lipinski definition) is 6. The highest BCUT2D eigenvalue weighted by Gasteiger charge is 2.44. The van der Waals surface area contributed by atoms with Gasteiger partial charge in [0.25, 0.3) is 5.91 Å². The van der Waals surface area contributed by atoms with Crippen LogP contribution in [0, 0.1) is 6.92 Å². The van der Waals surface area contributed by atoms with Gasteiger partial charge in [-0.15, -0.1) is 0 Å². The Morgan fingerprint density at radius 2 is 1.97 bits per heavy atom. The summed E-state index contributed by atoms with van der Waals surface area (Å²) in [6, 6.07) is 11.6. The first kappa shape index (κ1) is 23.9. The average molecular weight is 483 g/mol. The van der Waals surface area contributed by atoms with Crippen molar-refractivity contribution in [2.24, 2.45) is 0 Å². The summed E-state index contributed by atoms with van der Waals surface area (Å²) in [6.45, 7) is 3.07. The number of furan rings is 1. The molecular formula is C26H27ClN2O5. The largest absolute Gasteiger partial charge is 0.503 e. The van der Waals surface area contributed by atoms with E-state index in [2.05, 4.69) is 0 Å². The number of aryl methyl sites for hydroxylation is 1. The summed E-state index contributed by atoms with van der Waals surface area (Å²) >= 11 is 6.16. The van der Waals surface area contributed by atoms with Gasteiger partial charge in [0.15, 0.2) is 22.9 Å². The van der Waals surface area contributed by atoms with Crippen LogP contribution in [-0.2, 0) is 4.79 Å². The molecule has 2 heterocycles. The van der Waals surface area contributed by atoms with E-state index in [1.807, 2.05) is 50.2 Å². The van der Waals surface area contributed by atoms with Crippen LogP contribution in [0.4, 0.5) is 0 Å². The molecule has 2 aromatic carbocycles. The second kappa shape index (κ2) is 9.52. The van der Waals surface area contributed by atoms with Gasteiger partial charge in [-0.1, -0.05) is 35.9 Å². The second-order valence-corrected chi connectivity index (χ2v) is 9.08. The van der Waals surface area contributed by atoms with E-state index in [-0.39, 0.29) is 11.3 Å². The molecule has 0 aliphatic carbocycles. The predicted octanol–water partition coefficient (Wildman–Crippen LogP) is 4.93. The number of ketones is 1. The molecule has 0 radical (unpaired) electrons. The van der Waals surface area contributed by atoms with Crippen LogP contribution in [0.15, 0.2) is 58.2 Å². The van der Waals surface area contributed by atoms with E-state index in [0.29, 0.717) is 34.7 Å². The van der Waals surface area contributed by atoms with Crippen molar-refractivity contribution in [1.29, 1.82) is 0 Å². The Morgan fingerprint density at radius 3 is 2.65 bits per heavy atom. The molecule has 1 N–H and O–H groups in total. The molecule has 1 aliphatic heterocycles. The zero-order valence-electron chi connectivity index (χ0n) is 19.6. The highest BCUT2D eigenvalue weighted by Crippen LogP contribution is 2.41. The molecule has 0 saturated heterocycles.